The number of nitrogens with zero attached hydrogens (tertiary/aromatic N) is 5. The summed E-state index contributed by atoms with van der Waals surface area (Å²) in [5.74, 6) is -0.482. The van der Waals surface area contributed by atoms with Crippen LogP contribution in [0.3, 0.4) is 0 Å². The fraction of sp³-hybridized carbons (Fsp3) is 0.636. The van der Waals surface area contributed by atoms with Gasteiger partial charge in [0.15, 0.2) is 0 Å². The average molecular weight is 705 g/mol. The zero-order valence-corrected chi connectivity index (χ0v) is 30.8. The molecule has 0 unspecified atom stereocenters. The first-order chi connectivity index (χ1) is 20.7. The molecule has 0 atom stereocenters. The van der Waals surface area contributed by atoms with Crippen LogP contribution in [-0.2, 0) is 53.5 Å². The molecule has 3 fully saturated rings. The van der Waals surface area contributed by atoms with Crippen molar-refractivity contribution >= 4 is 29.3 Å². The number of hydrogen-bond donors (Lipinski definition) is 1. The summed E-state index contributed by atoms with van der Waals surface area (Å²) in [6.45, 7) is 11.6. The van der Waals surface area contributed by atoms with Crippen molar-refractivity contribution in [2.24, 2.45) is 11.0 Å². The molecule has 0 bridgehead atoms. The molecule has 45 heavy (non-hydrogen) atoms. The number of piperazine rings is 2. The maximum Gasteiger partial charge on any atom is 0.256 e. The molecule has 2 saturated heterocycles. The first kappa shape index (κ1) is 40.8. The van der Waals surface area contributed by atoms with Gasteiger partial charge in [0.05, 0.1) is 12.1 Å². The smallest absolute Gasteiger partial charge is 0.256 e. The number of amides is 4. The van der Waals surface area contributed by atoms with Crippen LogP contribution in [0.4, 0.5) is 4.39 Å². The van der Waals surface area contributed by atoms with Crippen molar-refractivity contribution in [1.82, 2.24) is 25.0 Å². The number of nitrogens with one attached hydrogen (secondary N) is 1. The van der Waals surface area contributed by atoms with Crippen LogP contribution < -0.4 is 5.43 Å². The third-order valence-corrected chi connectivity index (χ3v) is 8.32. The van der Waals surface area contributed by atoms with Gasteiger partial charge in [-0.2, -0.15) is 5.10 Å². The Morgan fingerprint density at radius 1 is 0.844 bits per heavy atom. The molecule has 1 saturated carbocycles. The van der Waals surface area contributed by atoms with E-state index in [-0.39, 0.29) is 63.4 Å². The quantitative estimate of drug-likeness (QED) is 0.252. The van der Waals surface area contributed by atoms with Crippen LogP contribution in [0.1, 0.15) is 82.1 Å². The van der Waals surface area contributed by atoms with Gasteiger partial charge in [0.25, 0.3) is 5.91 Å². The third-order valence-electron chi connectivity index (χ3n) is 8.32. The van der Waals surface area contributed by atoms with E-state index in [9.17, 15) is 23.6 Å². The van der Waals surface area contributed by atoms with Crippen molar-refractivity contribution in [3.63, 3.8) is 0 Å². The molecule has 1 aromatic rings. The van der Waals surface area contributed by atoms with Gasteiger partial charge in [-0.1, -0.05) is 39.2 Å². The van der Waals surface area contributed by atoms with Crippen LogP contribution in [-0.4, -0.2) is 108 Å². The molecule has 249 valence electrons. The van der Waals surface area contributed by atoms with E-state index in [2.05, 4.69) is 15.4 Å². The Morgan fingerprint density at radius 2 is 1.40 bits per heavy atom. The Morgan fingerprint density at radius 3 is 2.00 bits per heavy atom. The van der Waals surface area contributed by atoms with Crippen molar-refractivity contribution in [3.8, 4) is 0 Å². The van der Waals surface area contributed by atoms with Crippen molar-refractivity contribution in [2.75, 3.05) is 58.9 Å². The standard InChI is InChI=1S/C30H43FN6O4.C2H6.CH3.Y/c1-22(32-33-23(2)38)18-25-8-9-27(31)26(19-25)30(41)37-16-14-36(15-17-37)29(40)21-34-10-12-35(13-11-34)28(39)20-24-6-4-3-5-7-24;1-2;;/h8-9,19,24H,3-7,10-18,20-21H2,1-2H3,(H,33,38);1-2H3;1H3;/q;;-1;/b32-22+;;;. The summed E-state index contributed by atoms with van der Waals surface area (Å²) in [6.07, 6.45) is 7.10. The van der Waals surface area contributed by atoms with E-state index in [1.807, 2.05) is 18.7 Å². The minimum Gasteiger partial charge on any atom is -0.358 e. The zero-order valence-electron chi connectivity index (χ0n) is 27.9. The maximum atomic E-state index is 14.6. The van der Waals surface area contributed by atoms with Crippen molar-refractivity contribution in [3.05, 3.63) is 42.6 Å². The summed E-state index contributed by atoms with van der Waals surface area (Å²) in [6, 6.07) is 4.40. The number of hydrogen-bond acceptors (Lipinski definition) is 6. The van der Waals surface area contributed by atoms with Gasteiger partial charge in [0.2, 0.25) is 17.7 Å². The molecular formula is C33H52FN6O4Y-. The Balaban J connectivity index is 0.00000248. The predicted octanol–water partition coefficient (Wildman–Crippen LogP) is 3.75. The van der Waals surface area contributed by atoms with Crippen LogP contribution in [0.25, 0.3) is 0 Å². The van der Waals surface area contributed by atoms with Gasteiger partial charge in [0.1, 0.15) is 5.82 Å². The van der Waals surface area contributed by atoms with Crippen molar-refractivity contribution in [1.29, 1.82) is 0 Å². The summed E-state index contributed by atoms with van der Waals surface area (Å²) in [4.78, 5) is 57.3. The first-order valence-electron chi connectivity index (χ1n) is 15.8. The molecule has 1 N–H and O–H groups in total. The normalized spacial score (nSPS) is 17.7. The van der Waals surface area contributed by atoms with Gasteiger partial charge in [0, 0.05) is 111 Å². The first-order valence-corrected chi connectivity index (χ1v) is 15.8. The van der Waals surface area contributed by atoms with Crippen LogP contribution >= 0.6 is 0 Å². The third kappa shape index (κ3) is 12.8. The van der Waals surface area contributed by atoms with Crippen molar-refractivity contribution < 1.29 is 56.3 Å². The SMILES string of the molecule is CC.CC(=O)N/N=C(\C)Cc1ccc(F)c(C(=O)N2CCN(C(=O)CN3CCN(C(=O)CC4CCCCC4)CC3)CC2)c1.[CH3-].[Y]. The van der Waals surface area contributed by atoms with Crippen LogP contribution in [0, 0.1) is 19.2 Å². The van der Waals surface area contributed by atoms with E-state index in [1.165, 1.54) is 38.3 Å². The molecular weight excluding hydrogens is 652 g/mol. The van der Waals surface area contributed by atoms with E-state index in [0.717, 1.165) is 12.8 Å². The van der Waals surface area contributed by atoms with E-state index >= 15 is 0 Å². The van der Waals surface area contributed by atoms with Gasteiger partial charge >= 0.3 is 0 Å². The summed E-state index contributed by atoms with van der Waals surface area (Å²) >= 11 is 0. The molecule has 4 rings (SSSR count). The molecule has 0 spiro atoms. The molecule has 1 aliphatic carbocycles. The number of carbonyl (C=O) groups is 4. The van der Waals surface area contributed by atoms with E-state index < -0.39 is 11.7 Å². The molecule has 2 heterocycles. The number of hydrazone groups is 1. The van der Waals surface area contributed by atoms with Crippen LogP contribution in [0.15, 0.2) is 23.3 Å². The van der Waals surface area contributed by atoms with Crippen LogP contribution in [0.5, 0.6) is 0 Å². The number of benzene rings is 1. The molecule has 1 radical (unpaired) electrons. The minimum atomic E-state index is -0.593. The number of halogens is 1. The second kappa shape index (κ2) is 20.8. The molecule has 2 aliphatic heterocycles. The van der Waals surface area contributed by atoms with Gasteiger partial charge in [-0.3, -0.25) is 24.1 Å². The fourth-order valence-electron chi connectivity index (χ4n) is 5.90. The fourth-order valence-corrected chi connectivity index (χ4v) is 5.90. The van der Waals surface area contributed by atoms with Crippen molar-refractivity contribution in [2.45, 2.75) is 72.6 Å². The average Bonchev–Trinajstić information content (AvgIpc) is 3.02. The van der Waals surface area contributed by atoms with Gasteiger partial charge in [-0.15, -0.1) is 0 Å². The van der Waals surface area contributed by atoms with E-state index in [1.54, 1.807) is 22.8 Å². The number of carbonyl (C=O) groups excluding carboxylic acids is 4. The second-order valence-corrected chi connectivity index (χ2v) is 11.5. The monoisotopic (exact) mass is 704 g/mol. The molecule has 10 nitrogen and oxygen atoms in total. The predicted molar refractivity (Wildman–Crippen MR) is 171 cm³/mol. The second-order valence-electron chi connectivity index (χ2n) is 11.5. The summed E-state index contributed by atoms with van der Waals surface area (Å²) in [5, 5.41) is 3.97. The topological polar surface area (TPSA) is 106 Å². The number of rotatable bonds is 8. The van der Waals surface area contributed by atoms with Gasteiger partial charge in [-0.25, -0.2) is 9.82 Å². The Bertz CT molecular complexity index is 1140. The van der Waals surface area contributed by atoms with E-state index in [0.29, 0.717) is 88.9 Å². The summed E-state index contributed by atoms with van der Waals surface area (Å²) < 4.78 is 14.6. The largest absolute Gasteiger partial charge is 0.358 e. The summed E-state index contributed by atoms with van der Waals surface area (Å²) in [7, 11) is 0. The Hall–Kier alpha value is -2.24. The summed E-state index contributed by atoms with van der Waals surface area (Å²) in [5.41, 5.74) is 3.71. The Kier molecular flexibility index (Phi) is 18.9. The molecule has 0 aromatic heterocycles. The molecule has 12 heteroatoms. The zero-order chi connectivity index (χ0) is 31.4. The van der Waals surface area contributed by atoms with Gasteiger partial charge < -0.3 is 22.1 Å². The van der Waals surface area contributed by atoms with E-state index in [4.69, 9.17) is 0 Å². The van der Waals surface area contributed by atoms with Crippen LogP contribution in [0.2, 0.25) is 0 Å². The maximum absolute atomic E-state index is 14.6. The molecule has 3 aliphatic rings. The molecule has 1 aromatic carbocycles. The van der Waals surface area contributed by atoms with Gasteiger partial charge in [-0.05, 0) is 43.4 Å². The minimum absolute atomic E-state index is 0. The molecule has 4 amide bonds. The Labute approximate surface area is 294 Å².